The Morgan fingerprint density at radius 2 is 1.88 bits per heavy atom. The highest BCUT2D eigenvalue weighted by atomic mass is 19.1. The fraction of sp³-hybridized carbons (Fsp3) is 0.118. The van der Waals surface area contributed by atoms with Crippen molar-refractivity contribution in [2.75, 3.05) is 5.32 Å². The number of benzene rings is 2. The van der Waals surface area contributed by atoms with Crippen molar-refractivity contribution in [3.63, 3.8) is 0 Å². The molecule has 0 bridgehead atoms. The first-order valence-electron chi connectivity index (χ1n) is 7.24. The van der Waals surface area contributed by atoms with Crippen LogP contribution in [0.25, 0.3) is 11.5 Å². The average molecular weight is 329 g/mol. The van der Waals surface area contributed by atoms with Gasteiger partial charge in [0.1, 0.15) is 11.6 Å². The standard InChI is InChI=1S/C17H13F2N3O2/c18-12-6-7-14(13(19)10-12)20-15(23)8-9-16-21-22-17(24-16)11-4-2-1-3-5-11/h1-7,10H,8-9H2,(H,20,23). The number of rotatable bonds is 5. The Morgan fingerprint density at radius 3 is 2.62 bits per heavy atom. The van der Waals surface area contributed by atoms with Gasteiger partial charge in [0.2, 0.25) is 17.7 Å². The number of amides is 1. The van der Waals surface area contributed by atoms with Crippen molar-refractivity contribution in [2.45, 2.75) is 12.8 Å². The highest BCUT2D eigenvalue weighted by molar-refractivity contribution is 5.90. The normalized spacial score (nSPS) is 10.6. The van der Waals surface area contributed by atoms with Gasteiger partial charge >= 0.3 is 0 Å². The lowest BCUT2D eigenvalue weighted by Crippen LogP contribution is -2.13. The Labute approximate surface area is 136 Å². The van der Waals surface area contributed by atoms with E-state index >= 15 is 0 Å². The molecule has 0 spiro atoms. The van der Waals surface area contributed by atoms with Crippen molar-refractivity contribution in [3.8, 4) is 11.5 Å². The van der Waals surface area contributed by atoms with Crippen molar-refractivity contribution < 1.29 is 18.0 Å². The molecule has 5 nitrogen and oxygen atoms in total. The summed E-state index contributed by atoms with van der Waals surface area (Å²) in [6, 6.07) is 12.2. The Bertz CT molecular complexity index is 850. The summed E-state index contributed by atoms with van der Waals surface area (Å²) in [4.78, 5) is 11.8. The van der Waals surface area contributed by atoms with Crippen molar-refractivity contribution in [3.05, 3.63) is 66.1 Å². The van der Waals surface area contributed by atoms with Crippen LogP contribution >= 0.6 is 0 Å². The van der Waals surface area contributed by atoms with Crippen LogP contribution in [0.5, 0.6) is 0 Å². The molecule has 1 amide bonds. The molecule has 1 heterocycles. The third-order valence-corrected chi connectivity index (χ3v) is 3.26. The number of nitrogens with zero attached hydrogens (tertiary/aromatic N) is 2. The summed E-state index contributed by atoms with van der Waals surface area (Å²) in [5, 5.41) is 10.2. The molecular weight excluding hydrogens is 316 g/mol. The number of carbonyl (C=O) groups excluding carboxylic acids is 1. The molecule has 1 N–H and O–H groups in total. The monoisotopic (exact) mass is 329 g/mol. The molecule has 0 atom stereocenters. The molecule has 122 valence electrons. The van der Waals surface area contributed by atoms with Crippen LogP contribution in [0.1, 0.15) is 12.3 Å². The van der Waals surface area contributed by atoms with Crippen molar-refractivity contribution in [1.82, 2.24) is 10.2 Å². The SMILES string of the molecule is O=C(CCc1nnc(-c2ccccc2)o1)Nc1ccc(F)cc1F. The summed E-state index contributed by atoms with van der Waals surface area (Å²) in [6.45, 7) is 0. The van der Waals surface area contributed by atoms with Crippen LogP contribution in [0, 0.1) is 11.6 Å². The molecule has 3 rings (SSSR count). The van der Waals surface area contributed by atoms with E-state index in [1.807, 2.05) is 30.3 Å². The van der Waals surface area contributed by atoms with Crippen LogP contribution in [0.3, 0.4) is 0 Å². The molecule has 0 aliphatic carbocycles. The number of carbonyl (C=O) groups is 1. The van der Waals surface area contributed by atoms with Gasteiger partial charge in [-0.15, -0.1) is 10.2 Å². The zero-order chi connectivity index (χ0) is 16.9. The zero-order valence-corrected chi connectivity index (χ0v) is 12.5. The fourth-order valence-electron chi connectivity index (χ4n) is 2.08. The summed E-state index contributed by atoms with van der Waals surface area (Å²) in [7, 11) is 0. The molecule has 0 saturated heterocycles. The van der Waals surface area contributed by atoms with E-state index in [0.717, 1.165) is 11.6 Å². The summed E-state index contributed by atoms with van der Waals surface area (Å²) in [5.41, 5.74) is 0.714. The highest BCUT2D eigenvalue weighted by Gasteiger charge is 2.12. The van der Waals surface area contributed by atoms with Gasteiger partial charge in [-0.1, -0.05) is 18.2 Å². The lowest BCUT2D eigenvalue weighted by molar-refractivity contribution is -0.116. The van der Waals surface area contributed by atoms with Gasteiger partial charge in [-0.05, 0) is 24.3 Å². The quantitative estimate of drug-likeness (QED) is 0.777. The maximum Gasteiger partial charge on any atom is 0.247 e. The van der Waals surface area contributed by atoms with Crippen LogP contribution in [0.15, 0.2) is 52.9 Å². The van der Waals surface area contributed by atoms with Crippen LogP contribution in [0.4, 0.5) is 14.5 Å². The molecule has 0 aliphatic rings. The second-order valence-electron chi connectivity index (χ2n) is 5.04. The lowest BCUT2D eigenvalue weighted by atomic mass is 10.2. The van der Waals surface area contributed by atoms with E-state index in [0.29, 0.717) is 17.8 Å². The Balaban J connectivity index is 1.58. The molecule has 0 saturated carbocycles. The van der Waals surface area contributed by atoms with Gasteiger partial charge in [0.25, 0.3) is 0 Å². The van der Waals surface area contributed by atoms with E-state index in [4.69, 9.17) is 4.42 Å². The summed E-state index contributed by atoms with van der Waals surface area (Å²) in [6.07, 6.45) is 0.252. The van der Waals surface area contributed by atoms with E-state index in [1.165, 1.54) is 6.07 Å². The number of hydrogen-bond donors (Lipinski definition) is 1. The first-order chi connectivity index (χ1) is 11.6. The average Bonchev–Trinajstić information content (AvgIpc) is 3.05. The Kier molecular flexibility index (Phi) is 4.60. The second-order valence-corrected chi connectivity index (χ2v) is 5.04. The number of aromatic nitrogens is 2. The molecule has 0 unspecified atom stereocenters. The first-order valence-corrected chi connectivity index (χ1v) is 7.24. The van der Waals surface area contributed by atoms with Gasteiger partial charge in [-0.3, -0.25) is 4.79 Å². The predicted octanol–water partition coefficient (Wildman–Crippen LogP) is 3.59. The van der Waals surface area contributed by atoms with Crippen LogP contribution in [-0.4, -0.2) is 16.1 Å². The zero-order valence-electron chi connectivity index (χ0n) is 12.5. The van der Waals surface area contributed by atoms with Crippen LogP contribution < -0.4 is 5.32 Å². The summed E-state index contributed by atoms with van der Waals surface area (Å²) >= 11 is 0. The second kappa shape index (κ2) is 6.99. The number of aryl methyl sites for hydroxylation is 1. The number of hydrogen-bond acceptors (Lipinski definition) is 4. The Morgan fingerprint density at radius 1 is 1.08 bits per heavy atom. The van der Waals surface area contributed by atoms with Crippen LogP contribution in [0.2, 0.25) is 0 Å². The minimum atomic E-state index is -0.826. The van der Waals surface area contributed by atoms with Crippen molar-refractivity contribution in [2.24, 2.45) is 0 Å². The van der Waals surface area contributed by atoms with E-state index in [-0.39, 0.29) is 18.5 Å². The van der Waals surface area contributed by atoms with E-state index in [9.17, 15) is 13.6 Å². The molecule has 1 aromatic heterocycles. The molecule has 3 aromatic rings. The Hall–Kier alpha value is -3.09. The van der Waals surface area contributed by atoms with Gasteiger partial charge < -0.3 is 9.73 Å². The molecule has 0 fully saturated rings. The molecule has 24 heavy (non-hydrogen) atoms. The third kappa shape index (κ3) is 3.81. The predicted molar refractivity (Wildman–Crippen MR) is 83.0 cm³/mol. The lowest BCUT2D eigenvalue weighted by Gasteiger charge is -2.05. The highest BCUT2D eigenvalue weighted by Crippen LogP contribution is 2.18. The smallest absolute Gasteiger partial charge is 0.247 e. The molecule has 0 radical (unpaired) electrons. The van der Waals surface area contributed by atoms with E-state index in [2.05, 4.69) is 15.5 Å². The maximum absolute atomic E-state index is 13.5. The minimum absolute atomic E-state index is 0.0350. The van der Waals surface area contributed by atoms with Gasteiger partial charge in [0.05, 0.1) is 5.69 Å². The summed E-state index contributed by atoms with van der Waals surface area (Å²) in [5.74, 6) is -1.28. The van der Waals surface area contributed by atoms with E-state index in [1.54, 1.807) is 0 Å². The van der Waals surface area contributed by atoms with Crippen molar-refractivity contribution in [1.29, 1.82) is 0 Å². The van der Waals surface area contributed by atoms with Gasteiger partial charge in [-0.2, -0.15) is 0 Å². The number of anilines is 1. The fourth-order valence-corrected chi connectivity index (χ4v) is 2.08. The maximum atomic E-state index is 13.5. The molecule has 0 aliphatic heterocycles. The van der Waals surface area contributed by atoms with Crippen molar-refractivity contribution >= 4 is 11.6 Å². The van der Waals surface area contributed by atoms with E-state index < -0.39 is 17.5 Å². The van der Waals surface area contributed by atoms with Gasteiger partial charge in [0.15, 0.2) is 0 Å². The number of nitrogens with one attached hydrogen (secondary N) is 1. The minimum Gasteiger partial charge on any atom is -0.421 e. The van der Waals surface area contributed by atoms with Gasteiger partial charge in [-0.25, -0.2) is 8.78 Å². The molecule has 7 heteroatoms. The topological polar surface area (TPSA) is 68.0 Å². The first kappa shape index (κ1) is 15.8. The molecular formula is C17H13F2N3O2. The van der Waals surface area contributed by atoms with Crippen LogP contribution in [-0.2, 0) is 11.2 Å². The summed E-state index contributed by atoms with van der Waals surface area (Å²) < 4.78 is 31.8. The molecule has 2 aromatic carbocycles. The van der Waals surface area contributed by atoms with Gasteiger partial charge in [0, 0.05) is 24.5 Å². The largest absolute Gasteiger partial charge is 0.421 e. The third-order valence-electron chi connectivity index (χ3n) is 3.26. The number of halogens is 2.